The van der Waals surface area contributed by atoms with Crippen molar-refractivity contribution in [1.82, 2.24) is 15.6 Å². The molecule has 25 heavy (non-hydrogen) atoms. The van der Waals surface area contributed by atoms with Crippen LogP contribution in [-0.2, 0) is 19.4 Å². The van der Waals surface area contributed by atoms with Gasteiger partial charge in [0.05, 0.1) is 17.8 Å². The Bertz CT molecular complexity index is 687. The highest BCUT2D eigenvalue weighted by molar-refractivity contribution is 14.0. The third-order valence-electron chi connectivity index (χ3n) is 3.69. The lowest BCUT2D eigenvalue weighted by atomic mass is 10.1. The first-order valence-electron chi connectivity index (χ1n) is 8.17. The van der Waals surface area contributed by atoms with Crippen LogP contribution in [0.2, 0.25) is 0 Å². The fourth-order valence-corrected chi connectivity index (χ4v) is 3.11. The molecule has 7 heteroatoms. The van der Waals surface area contributed by atoms with Gasteiger partial charge in [0.2, 0.25) is 0 Å². The lowest BCUT2D eigenvalue weighted by Gasteiger charge is -2.14. The second-order valence-electron chi connectivity index (χ2n) is 5.50. The standard InChI is InChI=1S/C18H26N4OS.HI/c1-5-17-22-15(12-24-17)8-9-20-18(19-3)21-11-14-7-6-13(2)10-16(14)23-4;/h6-7,10,12H,5,8-9,11H2,1-4H3,(H2,19,20,21);1H. The predicted octanol–water partition coefficient (Wildman–Crippen LogP) is 3.55. The van der Waals surface area contributed by atoms with Gasteiger partial charge in [-0.25, -0.2) is 4.98 Å². The molecule has 0 radical (unpaired) electrons. The first-order valence-corrected chi connectivity index (χ1v) is 9.05. The summed E-state index contributed by atoms with van der Waals surface area (Å²) in [7, 11) is 3.48. The molecule has 0 fully saturated rings. The van der Waals surface area contributed by atoms with E-state index in [2.05, 4.69) is 52.0 Å². The van der Waals surface area contributed by atoms with Crippen molar-refractivity contribution in [2.75, 3.05) is 20.7 Å². The molecule has 0 saturated heterocycles. The molecule has 0 bridgehead atoms. The molecule has 0 unspecified atom stereocenters. The highest BCUT2D eigenvalue weighted by Crippen LogP contribution is 2.19. The van der Waals surface area contributed by atoms with Crippen LogP contribution in [0.4, 0.5) is 0 Å². The predicted molar refractivity (Wildman–Crippen MR) is 117 cm³/mol. The lowest BCUT2D eigenvalue weighted by molar-refractivity contribution is 0.408. The Hall–Kier alpha value is -1.35. The van der Waals surface area contributed by atoms with E-state index in [9.17, 15) is 0 Å². The van der Waals surface area contributed by atoms with Gasteiger partial charge in [-0.3, -0.25) is 4.99 Å². The maximum Gasteiger partial charge on any atom is 0.191 e. The summed E-state index contributed by atoms with van der Waals surface area (Å²) in [6.45, 7) is 5.66. The van der Waals surface area contributed by atoms with E-state index in [1.54, 1.807) is 25.5 Å². The number of ether oxygens (including phenoxy) is 1. The summed E-state index contributed by atoms with van der Waals surface area (Å²) in [6.07, 6.45) is 1.89. The number of guanidine groups is 1. The number of nitrogens with one attached hydrogen (secondary N) is 2. The Morgan fingerprint density at radius 2 is 2.12 bits per heavy atom. The number of halogens is 1. The van der Waals surface area contributed by atoms with Gasteiger partial charge in [-0.15, -0.1) is 35.3 Å². The number of rotatable bonds is 7. The summed E-state index contributed by atoms with van der Waals surface area (Å²) < 4.78 is 5.44. The molecule has 0 aliphatic heterocycles. The number of methoxy groups -OCH3 is 1. The monoisotopic (exact) mass is 474 g/mol. The molecule has 0 aliphatic rings. The van der Waals surface area contributed by atoms with Crippen molar-refractivity contribution >= 4 is 41.3 Å². The Labute approximate surface area is 171 Å². The van der Waals surface area contributed by atoms with E-state index in [1.807, 2.05) is 6.07 Å². The molecular formula is C18H27IN4OS. The van der Waals surface area contributed by atoms with E-state index in [1.165, 1.54) is 10.6 Å². The summed E-state index contributed by atoms with van der Waals surface area (Å²) >= 11 is 1.73. The number of benzene rings is 1. The van der Waals surface area contributed by atoms with Crippen LogP contribution in [0.5, 0.6) is 5.75 Å². The zero-order chi connectivity index (χ0) is 17.4. The summed E-state index contributed by atoms with van der Waals surface area (Å²) in [6, 6.07) is 6.21. The Kier molecular flexibility index (Phi) is 9.81. The van der Waals surface area contributed by atoms with E-state index in [4.69, 9.17) is 4.74 Å². The van der Waals surface area contributed by atoms with Gasteiger partial charge < -0.3 is 15.4 Å². The SMILES string of the molecule is CCc1nc(CCNC(=NC)NCc2ccc(C)cc2OC)cs1.I. The number of hydrogen-bond donors (Lipinski definition) is 2. The highest BCUT2D eigenvalue weighted by Gasteiger charge is 2.05. The topological polar surface area (TPSA) is 58.5 Å². The van der Waals surface area contributed by atoms with E-state index < -0.39 is 0 Å². The molecule has 0 spiro atoms. The summed E-state index contributed by atoms with van der Waals surface area (Å²) in [4.78, 5) is 8.84. The fraction of sp³-hybridized carbons (Fsp3) is 0.444. The minimum absolute atomic E-state index is 0. The maximum absolute atomic E-state index is 5.44. The molecule has 1 heterocycles. The van der Waals surface area contributed by atoms with Gasteiger partial charge in [0, 0.05) is 37.5 Å². The van der Waals surface area contributed by atoms with Crippen molar-refractivity contribution in [1.29, 1.82) is 0 Å². The first-order chi connectivity index (χ1) is 11.7. The van der Waals surface area contributed by atoms with Crippen LogP contribution in [0, 0.1) is 6.92 Å². The van der Waals surface area contributed by atoms with Crippen molar-refractivity contribution in [3.63, 3.8) is 0 Å². The summed E-state index contributed by atoms with van der Waals surface area (Å²) in [5.74, 6) is 1.68. The van der Waals surface area contributed by atoms with Crippen LogP contribution < -0.4 is 15.4 Å². The van der Waals surface area contributed by atoms with E-state index in [0.29, 0.717) is 6.54 Å². The largest absolute Gasteiger partial charge is 0.496 e. The molecule has 1 aromatic heterocycles. The summed E-state index contributed by atoms with van der Waals surface area (Å²) in [5.41, 5.74) is 3.44. The molecule has 0 atom stereocenters. The normalized spacial score (nSPS) is 11.0. The molecule has 138 valence electrons. The zero-order valence-electron chi connectivity index (χ0n) is 15.3. The van der Waals surface area contributed by atoms with Crippen LogP contribution in [0.15, 0.2) is 28.6 Å². The number of hydrogen-bond acceptors (Lipinski definition) is 4. The Morgan fingerprint density at radius 3 is 2.76 bits per heavy atom. The number of thiazole rings is 1. The van der Waals surface area contributed by atoms with Crippen LogP contribution >= 0.6 is 35.3 Å². The first kappa shape index (κ1) is 21.7. The van der Waals surface area contributed by atoms with Crippen LogP contribution in [-0.4, -0.2) is 31.6 Å². The quantitative estimate of drug-likeness (QED) is 0.366. The van der Waals surface area contributed by atoms with Gasteiger partial charge >= 0.3 is 0 Å². The molecule has 0 amide bonds. The number of aliphatic imine (C=N–C) groups is 1. The maximum atomic E-state index is 5.44. The summed E-state index contributed by atoms with van der Waals surface area (Å²) in [5, 5.41) is 9.98. The fourth-order valence-electron chi connectivity index (χ4n) is 2.33. The Morgan fingerprint density at radius 1 is 1.32 bits per heavy atom. The Balaban J connectivity index is 0.00000312. The zero-order valence-corrected chi connectivity index (χ0v) is 18.4. The molecule has 2 N–H and O–H groups in total. The third kappa shape index (κ3) is 6.81. The van der Waals surface area contributed by atoms with Gasteiger partial charge in [-0.2, -0.15) is 0 Å². The molecule has 5 nitrogen and oxygen atoms in total. The molecule has 2 rings (SSSR count). The van der Waals surface area contributed by atoms with Crippen molar-refractivity contribution in [3.8, 4) is 5.75 Å². The van der Waals surface area contributed by atoms with Crippen molar-refractivity contribution in [2.24, 2.45) is 4.99 Å². The number of aromatic nitrogens is 1. The average molecular weight is 474 g/mol. The van der Waals surface area contributed by atoms with Crippen molar-refractivity contribution in [2.45, 2.75) is 33.2 Å². The third-order valence-corrected chi connectivity index (χ3v) is 4.73. The van der Waals surface area contributed by atoms with Crippen LogP contribution in [0.3, 0.4) is 0 Å². The van der Waals surface area contributed by atoms with Gasteiger partial charge in [-0.05, 0) is 25.0 Å². The molecule has 0 aliphatic carbocycles. The minimum atomic E-state index is 0. The average Bonchev–Trinajstić information content (AvgIpc) is 3.06. The molecule has 1 aromatic carbocycles. The van der Waals surface area contributed by atoms with Crippen molar-refractivity contribution in [3.05, 3.63) is 45.4 Å². The van der Waals surface area contributed by atoms with Crippen LogP contribution in [0.1, 0.15) is 28.8 Å². The van der Waals surface area contributed by atoms with E-state index in [-0.39, 0.29) is 24.0 Å². The molecule has 2 aromatic rings. The van der Waals surface area contributed by atoms with Crippen molar-refractivity contribution < 1.29 is 4.74 Å². The smallest absolute Gasteiger partial charge is 0.191 e. The molecular weight excluding hydrogens is 447 g/mol. The second-order valence-corrected chi connectivity index (χ2v) is 6.45. The van der Waals surface area contributed by atoms with Gasteiger partial charge in [0.1, 0.15) is 5.75 Å². The molecule has 0 saturated carbocycles. The minimum Gasteiger partial charge on any atom is -0.496 e. The van der Waals surface area contributed by atoms with Crippen LogP contribution in [0.25, 0.3) is 0 Å². The lowest BCUT2D eigenvalue weighted by Crippen LogP contribution is -2.37. The number of nitrogens with zero attached hydrogens (tertiary/aromatic N) is 2. The van der Waals surface area contributed by atoms with E-state index >= 15 is 0 Å². The highest BCUT2D eigenvalue weighted by atomic mass is 127. The van der Waals surface area contributed by atoms with E-state index in [0.717, 1.165) is 42.4 Å². The van der Waals surface area contributed by atoms with Gasteiger partial charge in [0.15, 0.2) is 5.96 Å². The second kappa shape index (κ2) is 11.3. The van der Waals surface area contributed by atoms with Gasteiger partial charge in [0.25, 0.3) is 0 Å². The number of aryl methyl sites for hydroxylation is 2. The van der Waals surface area contributed by atoms with Gasteiger partial charge in [-0.1, -0.05) is 19.1 Å².